The third kappa shape index (κ3) is 9.82. The van der Waals surface area contributed by atoms with Gasteiger partial charge in [-0.15, -0.1) is 10.2 Å². The molecule has 7 aromatic carbocycles. The van der Waals surface area contributed by atoms with Crippen LogP contribution >= 0.6 is 0 Å². The van der Waals surface area contributed by atoms with Crippen molar-refractivity contribution >= 4 is 72.1 Å². The molecule has 0 radical (unpaired) electrons. The predicted octanol–water partition coefficient (Wildman–Crippen LogP) is 14.3. The molecule has 0 saturated heterocycles. The zero-order valence-corrected chi connectivity index (χ0v) is 33.4. The summed E-state index contributed by atoms with van der Waals surface area (Å²) in [7, 11) is -4.44. The number of azo groups is 4. The van der Waals surface area contributed by atoms with E-state index in [4.69, 9.17) is 0 Å². The van der Waals surface area contributed by atoms with E-state index in [-0.39, 0.29) is 16.3 Å². The fourth-order valence-corrected chi connectivity index (χ4v) is 6.74. The molecule has 0 bridgehead atoms. The molecule has 13 nitrogen and oxygen atoms in total. The van der Waals surface area contributed by atoms with Gasteiger partial charge < -0.3 is 10.4 Å². The number of nitrogens with one attached hydrogen (secondary N) is 1. The molecule has 0 amide bonds. The normalized spacial score (nSPS) is 12.2. The standard InChI is InChI=1S/C45H39N9O4S/c1-28-22-36(16-20-38(28)49-47-35-17-21-39(29(2)23-35)50-51-40-12-8-9-13-44(40)59(56,57)58)48-53-42-24-31(4)43(25-30(42)3)54-52-41-19-14-33-26-34(15-18-37(33)45(41)55)46-27-32-10-6-5-7-11-32/h5-26,46,55H,27H2,1-4H3,(H,56,57,58). The second-order valence-corrected chi connectivity index (χ2v) is 15.2. The smallest absolute Gasteiger partial charge is 0.296 e. The number of aromatic hydroxyl groups is 1. The van der Waals surface area contributed by atoms with Gasteiger partial charge in [0, 0.05) is 17.6 Å². The predicted molar refractivity (Wildman–Crippen MR) is 231 cm³/mol. The first-order chi connectivity index (χ1) is 28.4. The Kier molecular flexibility index (Phi) is 11.8. The summed E-state index contributed by atoms with van der Waals surface area (Å²) in [6.07, 6.45) is 0. The van der Waals surface area contributed by atoms with Gasteiger partial charge in [0.05, 0.1) is 34.1 Å². The Bertz CT molecular complexity index is 2930. The SMILES string of the molecule is Cc1cc(N=Nc2cc(C)c(N=Nc3ccc4cc(NCc5ccccc5)ccc4c3O)cc2C)ccc1N=Nc1ccc(N=Nc2ccccc2S(=O)(=O)O)c(C)c1. The topological polar surface area (TPSA) is 186 Å². The lowest BCUT2D eigenvalue weighted by Crippen LogP contribution is -1.98. The third-order valence-corrected chi connectivity index (χ3v) is 10.3. The Balaban J connectivity index is 0.989. The molecule has 0 aliphatic heterocycles. The minimum atomic E-state index is -4.44. The molecule has 0 atom stereocenters. The van der Waals surface area contributed by atoms with Gasteiger partial charge in [-0.3, -0.25) is 4.55 Å². The van der Waals surface area contributed by atoms with Crippen molar-refractivity contribution in [2.24, 2.45) is 40.9 Å². The summed E-state index contributed by atoms with van der Waals surface area (Å²) in [6.45, 7) is 8.29. The highest BCUT2D eigenvalue weighted by molar-refractivity contribution is 7.86. The first kappa shape index (κ1) is 39.9. The molecule has 0 aliphatic rings. The van der Waals surface area contributed by atoms with Crippen LogP contribution in [0.5, 0.6) is 5.75 Å². The molecular weight excluding hydrogens is 763 g/mol. The van der Waals surface area contributed by atoms with Crippen LogP contribution in [-0.2, 0) is 16.7 Å². The van der Waals surface area contributed by atoms with Crippen LogP contribution in [0.3, 0.4) is 0 Å². The first-order valence-corrected chi connectivity index (χ1v) is 19.9. The lowest BCUT2D eigenvalue weighted by atomic mass is 10.1. The number of nitrogens with zero attached hydrogens (tertiary/aromatic N) is 8. The number of anilines is 1. The van der Waals surface area contributed by atoms with E-state index in [0.717, 1.165) is 33.3 Å². The molecule has 3 N–H and O–H groups in total. The van der Waals surface area contributed by atoms with Gasteiger partial charge in [0.15, 0.2) is 5.75 Å². The highest BCUT2D eigenvalue weighted by Crippen LogP contribution is 2.38. The molecule has 14 heteroatoms. The van der Waals surface area contributed by atoms with E-state index in [1.807, 2.05) is 100 Å². The van der Waals surface area contributed by atoms with E-state index < -0.39 is 10.1 Å². The second-order valence-electron chi connectivity index (χ2n) is 13.8. The van der Waals surface area contributed by atoms with Crippen molar-refractivity contribution in [1.29, 1.82) is 0 Å². The average molecular weight is 802 g/mol. The van der Waals surface area contributed by atoms with Crippen molar-refractivity contribution in [3.63, 3.8) is 0 Å². The van der Waals surface area contributed by atoms with Crippen LogP contribution in [0, 0.1) is 27.7 Å². The number of fused-ring (bicyclic) bond motifs is 1. The first-order valence-electron chi connectivity index (χ1n) is 18.5. The average Bonchev–Trinajstić information content (AvgIpc) is 3.22. The van der Waals surface area contributed by atoms with Crippen LogP contribution in [0.25, 0.3) is 10.8 Å². The Morgan fingerprint density at radius 3 is 1.63 bits per heavy atom. The van der Waals surface area contributed by atoms with Gasteiger partial charge in [0.25, 0.3) is 10.1 Å². The van der Waals surface area contributed by atoms with E-state index in [1.54, 1.807) is 30.3 Å². The van der Waals surface area contributed by atoms with E-state index in [2.05, 4.69) is 58.4 Å². The largest absolute Gasteiger partial charge is 0.505 e. The molecule has 0 unspecified atom stereocenters. The summed E-state index contributed by atoms with van der Waals surface area (Å²) in [6, 6.07) is 40.0. The summed E-state index contributed by atoms with van der Waals surface area (Å²) < 4.78 is 32.8. The summed E-state index contributed by atoms with van der Waals surface area (Å²) in [5.41, 5.74) is 9.60. The van der Waals surface area contributed by atoms with Gasteiger partial charge in [0.2, 0.25) is 0 Å². The Hall–Kier alpha value is -7.29. The van der Waals surface area contributed by atoms with Crippen LogP contribution in [0.15, 0.2) is 179 Å². The van der Waals surface area contributed by atoms with E-state index >= 15 is 0 Å². The lowest BCUT2D eigenvalue weighted by Gasteiger charge is -2.09. The zero-order chi connectivity index (χ0) is 41.5. The molecule has 294 valence electrons. The Labute approximate surface area is 341 Å². The number of hydrogen-bond donors (Lipinski definition) is 3. The van der Waals surface area contributed by atoms with E-state index in [1.165, 1.54) is 23.8 Å². The summed E-state index contributed by atoms with van der Waals surface area (Å²) in [5, 5.41) is 50.9. The molecule has 59 heavy (non-hydrogen) atoms. The highest BCUT2D eigenvalue weighted by atomic mass is 32.2. The van der Waals surface area contributed by atoms with Crippen molar-refractivity contribution in [1.82, 2.24) is 0 Å². The maximum absolute atomic E-state index is 11.7. The monoisotopic (exact) mass is 801 g/mol. The van der Waals surface area contributed by atoms with Crippen molar-refractivity contribution < 1.29 is 18.1 Å². The van der Waals surface area contributed by atoms with Gasteiger partial charge in [0.1, 0.15) is 16.3 Å². The molecule has 0 aliphatic carbocycles. The molecule has 0 spiro atoms. The molecule has 0 heterocycles. The maximum atomic E-state index is 11.7. The van der Waals surface area contributed by atoms with Crippen molar-refractivity contribution in [2.45, 2.75) is 39.1 Å². The number of hydrogen-bond acceptors (Lipinski definition) is 12. The fraction of sp³-hybridized carbons (Fsp3) is 0.111. The van der Waals surface area contributed by atoms with E-state index in [9.17, 15) is 18.1 Å². The van der Waals surface area contributed by atoms with Crippen LogP contribution in [0.4, 0.5) is 51.2 Å². The molecule has 0 saturated carbocycles. The number of aryl methyl sites for hydroxylation is 4. The third-order valence-electron chi connectivity index (χ3n) is 9.41. The summed E-state index contributed by atoms with van der Waals surface area (Å²) in [5.74, 6) is 0.0679. The van der Waals surface area contributed by atoms with Gasteiger partial charge in [-0.2, -0.15) is 39.1 Å². The van der Waals surface area contributed by atoms with Crippen LogP contribution < -0.4 is 5.32 Å². The van der Waals surface area contributed by atoms with Gasteiger partial charge in [-0.05, 0) is 146 Å². The Morgan fingerprint density at radius 2 is 1.00 bits per heavy atom. The lowest BCUT2D eigenvalue weighted by molar-refractivity contribution is 0.482. The van der Waals surface area contributed by atoms with Gasteiger partial charge in [-0.25, -0.2) is 0 Å². The minimum absolute atomic E-state index is 0.0287. The number of benzene rings is 7. The van der Waals surface area contributed by atoms with Crippen molar-refractivity contribution in [3.8, 4) is 5.75 Å². The molecule has 7 aromatic rings. The number of rotatable bonds is 12. The molecule has 0 fully saturated rings. The van der Waals surface area contributed by atoms with Gasteiger partial charge in [-0.1, -0.05) is 48.5 Å². The fourth-order valence-electron chi connectivity index (χ4n) is 6.12. The second kappa shape index (κ2) is 17.5. The number of phenols is 1. The minimum Gasteiger partial charge on any atom is -0.505 e. The van der Waals surface area contributed by atoms with Crippen LogP contribution in [0.2, 0.25) is 0 Å². The maximum Gasteiger partial charge on any atom is 0.296 e. The zero-order valence-electron chi connectivity index (χ0n) is 32.6. The summed E-state index contributed by atoms with van der Waals surface area (Å²) in [4.78, 5) is -0.322. The molecule has 7 rings (SSSR count). The molecular formula is C45H39N9O4S. The van der Waals surface area contributed by atoms with Crippen molar-refractivity contribution in [3.05, 3.63) is 161 Å². The molecule has 0 aromatic heterocycles. The Morgan fingerprint density at radius 1 is 0.492 bits per heavy atom. The summed E-state index contributed by atoms with van der Waals surface area (Å²) >= 11 is 0. The van der Waals surface area contributed by atoms with Crippen LogP contribution in [-0.4, -0.2) is 18.1 Å². The van der Waals surface area contributed by atoms with Crippen molar-refractivity contribution in [2.75, 3.05) is 5.32 Å². The van der Waals surface area contributed by atoms with Gasteiger partial charge >= 0.3 is 0 Å². The van der Waals surface area contributed by atoms with E-state index in [0.29, 0.717) is 51.7 Å². The van der Waals surface area contributed by atoms with Crippen LogP contribution in [0.1, 0.15) is 27.8 Å². The quantitative estimate of drug-likeness (QED) is 0.0818. The highest BCUT2D eigenvalue weighted by Gasteiger charge is 2.15. The number of phenolic OH excluding ortho intramolecular Hbond substituents is 1.